The van der Waals surface area contributed by atoms with Gasteiger partial charge in [-0.3, -0.25) is 43.2 Å². The minimum absolute atomic E-state index is 0.0454. The lowest BCUT2D eigenvalue weighted by atomic mass is 10.0. The number of aromatic amines is 1. The number of imidazole rings is 1. The number of aliphatic hydroxyl groups excluding tert-OH is 2. The number of rotatable bonds is 29. The molecule has 1 aliphatic rings. The summed E-state index contributed by atoms with van der Waals surface area (Å²) in [5, 5.41) is 67.2. The summed E-state index contributed by atoms with van der Waals surface area (Å²) in [6.45, 7) is 3.70. The number of nitrogens with zero attached hydrogens (tertiary/aromatic N) is 2. The fourth-order valence-electron chi connectivity index (χ4n) is 7.98. The number of phenols is 1. The zero-order valence-corrected chi connectivity index (χ0v) is 43.1. The van der Waals surface area contributed by atoms with Crippen molar-refractivity contribution in [2.45, 2.75) is 132 Å². The molecule has 1 saturated heterocycles. The number of thioether (sulfide) groups is 1. The van der Waals surface area contributed by atoms with E-state index in [2.05, 4.69) is 47.2 Å². The summed E-state index contributed by atoms with van der Waals surface area (Å²) in [5.74, 6) is -9.95. The smallest absolute Gasteiger partial charge is 0.326 e. The predicted molar refractivity (Wildman–Crippen MR) is 272 cm³/mol. The minimum atomic E-state index is -1.81. The third kappa shape index (κ3) is 18.6. The number of phenolic OH excluding ortho intramolecular Hbond substituents is 1. The van der Waals surface area contributed by atoms with Crippen molar-refractivity contribution in [3.8, 4) is 5.75 Å². The Morgan fingerprint density at radius 2 is 1.25 bits per heavy atom. The summed E-state index contributed by atoms with van der Waals surface area (Å²) >= 11 is 1.45. The molecule has 2 aromatic carbocycles. The van der Waals surface area contributed by atoms with Crippen molar-refractivity contribution in [3.05, 3.63) is 83.9 Å². The van der Waals surface area contributed by atoms with Gasteiger partial charge in [0.05, 0.1) is 31.0 Å². The molecule has 26 nitrogen and oxygen atoms in total. The third-order valence-corrected chi connectivity index (χ3v) is 12.8. The fourth-order valence-corrected chi connectivity index (χ4v) is 8.47. The van der Waals surface area contributed by atoms with Gasteiger partial charge >= 0.3 is 11.9 Å². The van der Waals surface area contributed by atoms with Crippen molar-refractivity contribution >= 4 is 71.0 Å². The molecule has 8 amide bonds. The number of nitrogens with two attached hydrogens (primary N) is 1. The number of aromatic nitrogens is 2. The number of nitrogens with one attached hydrogen (secondary N) is 8. The molecule has 3 aromatic rings. The second-order valence-corrected chi connectivity index (χ2v) is 19.3. The number of carbonyl (C=O) groups is 10. The largest absolute Gasteiger partial charge is 0.508 e. The number of carbonyl (C=O) groups excluding carboxylic acids is 8. The van der Waals surface area contributed by atoms with E-state index in [0.29, 0.717) is 22.6 Å². The van der Waals surface area contributed by atoms with E-state index in [1.54, 1.807) is 30.3 Å². The monoisotopic (exact) mass is 1080 g/mol. The predicted octanol–water partition coefficient (Wildman–Crippen LogP) is -3.05. The van der Waals surface area contributed by atoms with Gasteiger partial charge in [-0.15, -0.1) is 0 Å². The van der Waals surface area contributed by atoms with Gasteiger partial charge in [-0.2, -0.15) is 11.8 Å². The number of aromatic hydroxyl groups is 1. The van der Waals surface area contributed by atoms with Crippen LogP contribution in [0.15, 0.2) is 67.1 Å². The van der Waals surface area contributed by atoms with Crippen molar-refractivity contribution in [3.63, 3.8) is 0 Å². The first-order valence-corrected chi connectivity index (χ1v) is 25.7. The minimum Gasteiger partial charge on any atom is -0.508 e. The highest BCUT2D eigenvalue weighted by Gasteiger charge is 2.42. The third-order valence-electron chi connectivity index (χ3n) is 12.2. The summed E-state index contributed by atoms with van der Waals surface area (Å²) in [4.78, 5) is 141. The molecule has 0 spiro atoms. The first-order chi connectivity index (χ1) is 36.0. The van der Waals surface area contributed by atoms with E-state index in [1.807, 2.05) is 6.26 Å². The molecule has 4 rings (SSSR count). The van der Waals surface area contributed by atoms with Crippen LogP contribution >= 0.6 is 11.8 Å². The number of amides is 8. The summed E-state index contributed by atoms with van der Waals surface area (Å²) in [6.07, 6.45) is 0.452. The average Bonchev–Trinajstić information content (AvgIpc) is 4.09. The van der Waals surface area contributed by atoms with E-state index < -0.39 is 132 Å². The second kappa shape index (κ2) is 29.5. The van der Waals surface area contributed by atoms with E-state index in [0.717, 1.165) is 4.90 Å². The SMILES string of the molecule is CSCC[C@H](N)C(=O)N[C@H](C(=O)N[C@@H](Cc1ccc(O)cc1)C(=O)N[C@@H](C)C(=O)N[C@@H](Cc1ccccc1)C(=O)N[C@@H](Cc1cnc[nH]1)C(=O)N[C@H](C(=O)N1CCC[C@H]1C(=O)N[C@@H](CC(=O)O)C(=O)O)[C@@H](C)O)[C@@H](C)O. The van der Waals surface area contributed by atoms with Gasteiger partial charge in [0.25, 0.3) is 0 Å². The number of aliphatic carboxylic acids is 2. The van der Waals surface area contributed by atoms with E-state index in [9.17, 15) is 68.4 Å². The van der Waals surface area contributed by atoms with Crippen LogP contribution in [0, 0.1) is 0 Å². The highest BCUT2D eigenvalue weighted by Crippen LogP contribution is 2.21. The van der Waals surface area contributed by atoms with E-state index in [1.165, 1.54) is 69.3 Å². The van der Waals surface area contributed by atoms with E-state index >= 15 is 0 Å². The second-order valence-electron chi connectivity index (χ2n) is 18.3. The van der Waals surface area contributed by atoms with Crippen molar-refractivity contribution in [1.29, 1.82) is 0 Å². The van der Waals surface area contributed by atoms with Crippen LogP contribution < -0.4 is 43.0 Å². The zero-order chi connectivity index (χ0) is 56.2. The molecule has 414 valence electrons. The van der Waals surface area contributed by atoms with E-state index in [-0.39, 0.29) is 50.8 Å². The normalized spacial score (nSPS) is 17.1. The number of carboxylic acid groups (broad SMARTS) is 2. The molecule has 27 heteroatoms. The van der Waals surface area contributed by atoms with Crippen LogP contribution in [0.25, 0.3) is 0 Å². The van der Waals surface area contributed by atoms with Crippen LogP contribution in [0.3, 0.4) is 0 Å². The average molecular weight is 1080 g/mol. The van der Waals surface area contributed by atoms with Crippen LogP contribution in [0.1, 0.15) is 63.3 Å². The Morgan fingerprint density at radius 3 is 1.82 bits per heavy atom. The summed E-state index contributed by atoms with van der Waals surface area (Å²) in [6, 6.07) is 0.868. The van der Waals surface area contributed by atoms with Crippen LogP contribution in [0.2, 0.25) is 0 Å². The van der Waals surface area contributed by atoms with Gasteiger partial charge in [0.15, 0.2) is 0 Å². The molecule has 0 radical (unpaired) electrons. The van der Waals surface area contributed by atoms with Crippen LogP contribution in [-0.2, 0) is 67.2 Å². The van der Waals surface area contributed by atoms with Gasteiger partial charge in [0, 0.05) is 37.7 Å². The first-order valence-electron chi connectivity index (χ1n) is 24.3. The van der Waals surface area contributed by atoms with Gasteiger partial charge in [-0.25, -0.2) is 9.78 Å². The lowest BCUT2D eigenvalue weighted by molar-refractivity contribution is -0.149. The number of H-pyrrole nitrogens is 1. The van der Waals surface area contributed by atoms with Gasteiger partial charge in [-0.1, -0.05) is 42.5 Å². The summed E-state index contributed by atoms with van der Waals surface area (Å²) in [7, 11) is 0. The highest BCUT2D eigenvalue weighted by atomic mass is 32.2. The Hall–Kier alpha value is -7.62. The van der Waals surface area contributed by atoms with Crippen molar-refractivity contribution in [2.24, 2.45) is 5.73 Å². The Labute approximate surface area is 441 Å². The van der Waals surface area contributed by atoms with Crippen LogP contribution in [0.5, 0.6) is 5.75 Å². The standard InChI is InChI=1S/C49H67N11O15S/c1-25(53-43(68)33(20-29-12-14-31(63)15-13-29)56-47(72)39(26(2)61)58-42(67)32(50)16-18-76-4)41(66)54-34(19-28-9-6-5-7-10-28)44(69)55-35(21-30-23-51-24-52-30)45(70)59-40(27(3)62)48(73)60-17-8-11-37(60)46(71)57-36(49(74)75)22-38(64)65/h5-7,9-10,12-15,23-27,32-37,39-40,61-63H,8,11,16-22,50H2,1-4H3,(H,51,52)(H,53,68)(H,54,66)(H,55,69)(H,56,72)(H,57,71)(H,58,67)(H,59,70)(H,64,65)(H,74,75)/t25-,26+,27+,32-,33-,34-,35-,36-,37-,39-,40-/m0/s1. The quantitative estimate of drug-likeness (QED) is 0.0328. The summed E-state index contributed by atoms with van der Waals surface area (Å²) < 4.78 is 0. The molecule has 76 heavy (non-hydrogen) atoms. The lowest BCUT2D eigenvalue weighted by Gasteiger charge is -2.31. The molecule has 0 saturated carbocycles. The molecule has 0 bridgehead atoms. The van der Waals surface area contributed by atoms with Crippen molar-refractivity contribution in [2.75, 3.05) is 18.6 Å². The molecular weight excluding hydrogens is 1010 g/mol. The maximum Gasteiger partial charge on any atom is 0.326 e. The number of aliphatic hydroxyl groups is 2. The van der Waals surface area contributed by atoms with Crippen molar-refractivity contribution in [1.82, 2.24) is 52.1 Å². The molecule has 11 atom stereocenters. The Morgan fingerprint density at radius 1 is 0.697 bits per heavy atom. The first kappa shape index (κ1) is 60.9. The van der Waals surface area contributed by atoms with Crippen LogP contribution in [0.4, 0.5) is 0 Å². The molecule has 1 aliphatic heterocycles. The molecule has 2 heterocycles. The molecule has 0 unspecified atom stereocenters. The molecule has 0 aliphatic carbocycles. The highest BCUT2D eigenvalue weighted by molar-refractivity contribution is 7.98. The maximum absolute atomic E-state index is 14.4. The van der Waals surface area contributed by atoms with Gasteiger partial charge in [-0.05, 0) is 75.3 Å². The fraction of sp³-hybridized carbons (Fsp3) is 0.490. The number of hydrogen-bond acceptors (Lipinski definition) is 16. The Balaban J connectivity index is 1.56. The molecular formula is C49H67N11O15S. The molecule has 15 N–H and O–H groups in total. The van der Waals surface area contributed by atoms with Gasteiger partial charge in [0.1, 0.15) is 54.1 Å². The maximum atomic E-state index is 14.4. The van der Waals surface area contributed by atoms with E-state index in [4.69, 9.17) is 10.8 Å². The van der Waals surface area contributed by atoms with Gasteiger partial charge < -0.3 is 78.4 Å². The summed E-state index contributed by atoms with van der Waals surface area (Å²) in [5.41, 5.74) is 7.33. The number of likely N-dealkylation sites (tertiary alicyclic amines) is 1. The lowest BCUT2D eigenvalue weighted by Crippen LogP contribution is -2.62. The topological polar surface area (TPSA) is 414 Å². The molecule has 1 fully saturated rings. The number of carboxylic acids is 2. The zero-order valence-electron chi connectivity index (χ0n) is 42.3. The van der Waals surface area contributed by atoms with Crippen LogP contribution in [-0.4, -0.2) is 185 Å². The number of benzene rings is 2. The Bertz CT molecular complexity index is 2480. The van der Waals surface area contributed by atoms with Gasteiger partial charge in [0.2, 0.25) is 47.3 Å². The molecule has 1 aromatic heterocycles. The van der Waals surface area contributed by atoms with Crippen molar-refractivity contribution < 1.29 is 73.5 Å². The number of hydrogen-bond donors (Lipinski definition) is 14. The Kier molecular flexibility index (Phi) is 23.6.